The first kappa shape index (κ1) is 10.6. The first-order valence-corrected chi connectivity index (χ1v) is 5.04. The van der Waals surface area contributed by atoms with Gasteiger partial charge in [0.15, 0.2) is 0 Å². The maximum atomic E-state index is 5.33. The summed E-state index contributed by atoms with van der Waals surface area (Å²) in [7, 11) is 3.30. The van der Waals surface area contributed by atoms with Gasteiger partial charge in [-0.25, -0.2) is 0 Å². The van der Waals surface area contributed by atoms with Gasteiger partial charge >= 0.3 is 0 Å². The largest absolute Gasteiger partial charge is 0.496 e. The summed E-state index contributed by atoms with van der Waals surface area (Å²) in [5, 5.41) is 0. The van der Waals surface area contributed by atoms with Gasteiger partial charge in [0.05, 0.1) is 19.8 Å². The van der Waals surface area contributed by atoms with Crippen LogP contribution in [0.25, 0.3) is 11.1 Å². The Morgan fingerprint density at radius 2 is 1.44 bits per heavy atom. The number of ether oxygens (including phenoxy) is 2. The molecule has 2 heteroatoms. The molecule has 1 radical (unpaired) electrons. The Kier molecular flexibility index (Phi) is 3.10. The molecule has 0 atom stereocenters. The number of methoxy groups -OCH3 is 2. The van der Waals surface area contributed by atoms with Crippen LogP contribution in [-0.4, -0.2) is 14.2 Å². The second-order valence-corrected chi connectivity index (χ2v) is 3.33. The van der Waals surface area contributed by atoms with Crippen molar-refractivity contribution in [3.8, 4) is 22.6 Å². The molecule has 2 aromatic carbocycles. The molecular weight excluding hydrogens is 200 g/mol. The fraction of sp³-hybridized carbons (Fsp3) is 0.143. The van der Waals surface area contributed by atoms with Crippen molar-refractivity contribution in [2.45, 2.75) is 0 Å². The SMILES string of the molecule is COc1c[c]cc(OC)c1-c1ccccc1. The zero-order valence-electron chi connectivity index (χ0n) is 9.36. The highest BCUT2D eigenvalue weighted by Crippen LogP contribution is 2.37. The predicted molar refractivity (Wildman–Crippen MR) is 63.8 cm³/mol. The Morgan fingerprint density at radius 1 is 0.875 bits per heavy atom. The molecule has 0 aliphatic carbocycles. The standard InChI is InChI=1S/C14H13O2/c1-15-12-9-6-10-13(16-2)14(12)11-7-4-3-5-8-11/h3-5,7-10H,1-2H3. The van der Waals surface area contributed by atoms with E-state index in [1.165, 1.54) is 0 Å². The molecule has 0 N–H and O–H groups in total. The van der Waals surface area contributed by atoms with Crippen molar-refractivity contribution in [2.75, 3.05) is 14.2 Å². The van der Waals surface area contributed by atoms with E-state index >= 15 is 0 Å². The molecule has 0 fully saturated rings. The molecule has 0 bridgehead atoms. The predicted octanol–water partition coefficient (Wildman–Crippen LogP) is 3.17. The Hall–Kier alpha value is -1.96. The Bertz CT molecular complexity index is 441. The van der Waals surface area contributed by atoms with Crippen LogP contribution in [0.3, 0.4) is 0 Å². The molecule has 2 nitrogen and oxygen atoms in total. The van der Waals surface area contributed by atoms with Crippen LogP contribution in [0.4, 0.5) is 0 Å². The van der Waals surface area contributed by atoms with Gasteiger partial charge in [-0.15, -0.1) is 0 Å². The first-order chi connectivity index (χ1) is 7.86. The van der Waals surface area contributed by atoms with Crippen LogP contribution in [0.5, 0.6) is 11.5 Å². The third kappa shape index (κ3) is 1.87. The number of hydrogen-bond acceptors (Lipinski definition) is 2. The van der Waals surface area contributed by atoms with Crippen LogP contribution in [0, 0.1) is 6.07 Å². The minimum atomic E-state index is 0.769. The molecule has 0 aliphatic heterocycles. The van der Waals surface area contributed by atoms with E-state index in [0.29, 0.717) is 0 Å². The van der Waals surface area contributed by atoms with Crippen molar-refractivity contribution < 1.29 is 9.47 Å². The summed E-state index contributed by atoms with van der Waals surface area (Å²) >= 11 is 0. The van der Waals surface area contributed by atoms with E-state index in [4.69, 9.17) is 9.47 Å². The number of benzene rings is 2. The number of rotatable bonds is 3. The zero-order chi connectivity index (χ0) is 11.4. The van der Waals surface area contributed by atoms with Gasteiger partial charge in [-0.2, -0.15) is 0 Å². The van der Waals surface area contributed by atoms with E-state index in [9.17, 15) is 0 Å². The van der Waals surface area contributed by atoms with Gasteiger partial charge in [0.2, 0.25) is 0 Å². The monoisotopic (exact) mass is 213 g/mol. The molecule has 0 amide bonds. The lowest BCUT2D eigenvalue weighted by Gasteiger charge is -2.12. The van der Waals surface area contributed by atoms with Gasteiger partial charge in [0.1, 0.15) is 11.5 Å². The molecule has 2 aromatic rings. The fourth-order valence-corrected chi connectivity index (χ4v) is 1.67. The fourth-order valence-electron chi connectivity index (χ4n) is 1.67. The summed E-state index contributed by atoms with van der Waals surface area (Å²) in [5.74, 6) is 1.54. The highest BCUT2D eigenvalue weighted by Gasteiger charge is 2.11. The molecule has 81 valence electrons. The van der Waals surface area contributed by atoms with Crippen LogP contribution in [-0.2, 0) is 0 Å². The van der Waals surface area contributed by atoms with E-state index < -0.39 is 0 Å². The second-order valence-electron chi connectivity index (χ2n) is 3.33. The highest BCUT2D eigenvalue weighted by molar-refractivity contribution is 5.76. The van der Waals surface area contributed by atoms with E-state index in [0.717, 1.165) is 22.6 Å². The minimum Gasteiger partial charge on any atom is -0.496 e. The van der Waals surface area contributed by atoms with Gasteiger partial charge in [-0.05, 0) is 23.8 Å². The highest BCUT2D eigenvalue weighted by atomic mass is 16.5. The van der Waals surface area contributed by atoms with Crippen LogP contribution < -0.4 is 9.47 Å². The summed E-state index contributed by atoms with van der Waals surface area (Å²) in [6.45, 7) is 0. The lowest BCUT2D eigenvalue weighted by atomic mass is 10.0. The summed E-state index contributed by atoms with van der Waals surface area (Å²) < 4.78 is 10.7. The third-order valence-electron chi connectivity index (χ3n) is 2.42. The summed E-state index contributed by atoms with van der Waals surface area (Å²) in [6, 6.07) is 16.6. The van der Waals surface area contributed by atoms with Gasteiger partial charge in [-0.1, -0.05) is 30.3 Å². The maximum absolute atomic E-state index is 5.33. The Morgan fingerprint density at radius 3 is 1.94 bits per heavy atom. The molecule has 0 aliphatic rings. The van der Waals surface area contributed by atoms with Crippen molar-refractivity contribution in [1.82, 2.24) is 0 Å². The maximum Gasteiger partial charge on any atom is 0.131 e. The summed E-state index contributed by atoms with van der Waals surface area (Å²) in [6.07, 6.45) is 0. The molecule has 0 saturated carbocycles. The van der Waals surface area contributed by atoms with Gasteiger partial charge in [0.25, 0.3) is 0 Å². The average molecular weight is 213 g/mol. The lowest BCUT2D eigenvalue weighted by molar-refractivity contribution is 0.397. The van der Waals surface area contributed by atoms with Crippen LogP contribution in [0.15, 0.2) is 42.5 Å². The molecule has 0 spiro atoms. The summed E-state index contributed by atoms with van der Waals surface area (Å²) in [4.78, 5) is 0. The van der Waals surface area contributed by atoms with E-state index in [1.807, 2.05) is 42.5 Å². The van der Waals surface area contributed by atoms with Crippen molar-refractivity contribution in [3.63, 3.8) is 0 Å². The molecule has 2 rings (SSSR count). The lowest BCUT2D eigenvalue weighted by Crippen LogP contribution is -1.92. The smallest absolute Gasteiger partial charge is 0.131 e. The normalized spacial score (nSPS) is 9.88. The van der Waals surface area contributed by atoms with Crippen LogP contribution in [0.1, 0.15) is 0 Å². The molecule has 16 heavy (non-hydrogen) atoms. The van der Waals surface area contributed by atoms with Gasteiger partial charge in [-0.3, -0.25) is 0 Å². The second kappa shape index (κ2) is 4.71. The molecule has 0 aromatic heterocycles. The Balaban J connectivity index is 2.62. The average Bonchev–Trinajstić information content (AvgIpc) is 2.38. The van der Waals surface area contributed by atoms with Gasteiger partial charge in [0, 0.05) is 0 Å². The molecular formula is C14H13O2. The van der Waals surface area contributed by atoms with Crippen molar-refractivity contribution in [2.24, 2.45) is 0 Å². The first-order valence-electron chi connectivity index (χ1n) is 5.04. The Labute approximate surface area is 95.4 Å². The van der Waals surface area contributed by atoms with Gasteiger partial charge < -0.3 is 9.47 Å². The summed E-state index contributed by atoms with van der Waals surface area (Å²) in [5.41, 5.74) is 2.04. The van der Waals surface area contributed by atoms with E-state index in [-0.39, 0.29) is 0 Å². The van der Waals surface area contributed by atoms with Crippen LogP contribution >= 0.6 is 0 Å². The van der Waals surface area contributed by atoms with Crippen molar-refractivity contribution in [3.05, 3.63) is 48.5 Å². The topological polar surface area (TPSA) is 18.5 Å². The van der Waals surface area contributed by atoms with E-state index in [1.54, 1.807) is 14.2 Å². The minimum absolute atomic E-state index is 0.769. The van der Waals surface area contributed by atoms with E-state index in [2.05, 4.69) is 6.07 Å². The molecule has 0 unspecified atom stereocenters. The van der Waals surface area contributed by atoms with Crippen LogP contribution in [0.2, 0.25) is 0 Å². The van der Waals surface area contributed by atoms with Crippen molar-refractivity contribution in [1.29, 1.82) is 0 Å². The zero-order valence-corrected chi connectivity index (χ0v) is 9.36. The quantitative estimate of drug-likeness (QED) is 0.779. The molecule has 0 saturated heterocycles. The molecule has 0 heterocycles. The van der Waals surface area contributed by atoms with Crippen molar-refractivity contribution >= 4 is 0 Å². The number of hydrogen-bond donors (Lipinski definition) is 0. The third-order valence-corrected chi connectivity index (χ3v) is 2.42.